The summed E-state index contributed by atoms with van der Waals surface area (Å²) in [6.07, 6.45) is 3.77. The molecule has 4 rings (SSSR count). The van der Waals surface area contributed by atoms with Crippen LogP contribution in [-0.4, -0.2) is 64.8 Å². The zero-order valence-electron chi connectivity index (χ0n) is 16.0. The van der Waals surface area contributed by atoms with Gasteiger partial charge in [0.2, 0.25) is 0 Å². The Hall–Kier alpha value is -2.17. The number of hydrogen-bond donors (Lipinski definition) is 1. The summed E-state index contributed by atoms with van der Waals surface area (Å²) in [5, 5.41) is 9.07. The number of morpholine rings is 1. The molecule has 3 heterocycles. The van der Waals surface area contributed by atoms with E-state index in [0.29, 0.717) is 37.0 Å². The Labute approximate surface area is 181 Å². The topological polar surface area (TPSA) is 85.2 Å². The van der Waals surface area contributed by atoms with Crippen molar-refractivity contribution in [2.45, 2.75) is 11.7 Å². The summed E-state index contributed by atoms with van der Waals surface area (Å²) in [6.45, 7) is 3.94. The molecule has 8 nitrogen and oxygen atoms in total. The molecule has 152 valence electrons. The number of ether oxygens (including phenoxy) is 1. The Morgan fingerprint density at radius 1 is 1.28 bits per heavy atom. The van der Waals surface area contributed by atoms with E-state index < -0.39 is 0 Å². The minimum absolute atomic E-state index is 0.123. The van der Waals surface area contributed by atoms with Gasteiger partial charge < -0.3 is 15.0 Å². The highest BCUT2D eigenvalue weighted by molar-refractivity contribution is 9.10. The molecule has 0 atom stereocenters. The highest BCUT2D eigenvalue weighted by atomic mass is 79.9. The van der Waals surface area contributed by atoms with Gasteiger partial charge >= 0.3 is 0 Å². The fraction of sp³-hybridized carbons (Fsp3) is 0.368. The van der Waals surface area contributed by atoms with Crippen molar-refractivity contribution in [3.63, 3.8) is 0 Å². The second kappa shape index (κ2) is 9.10. The number of nitrogens with one attached hydrogen (secondary N) is 1. The lowest BCUT2D eigenvalue weighted by molar-refractivity contribution is 0.0951. The third-order valence-electron chi connectivity index (χ3n) is 4.68. The van der Waals surface area contributed by atoms with Gasteiger partial charge in [0.15, 0.2) is 10.8 Å². The van der Waals surface area contributed by atoms with Gasteiger partial charge in [0.1, 0.15) is 5.82 Å². The fourth-order valence-electron chi connectivity index (χ4n) is 3.21. The van der Waals surface area contributed by atoms with E-state index in [9.17, 15) is 4.79 Å². The molecule has 2 aromatic heterocycles. The maximum Gasteiger partial charge on any atom is 0.252 e. The van der Waals surface area contributed by atoms with Gasteiger partial charge in [0.25, 0.3) is 5.91 Å². The molecule has 29 heavy (non-hydrogen) atoms. The maximum atomic E-state index is 12.4. The third kappa shape index (κ3) is 4.39. The van der Waals surface area contributed by atoms with Crippen LogP contribution in [0.3, 0.4) is 0 Å². The van der Waals surface area contributed by atoms with E-state index in [1.165, 1.54) is 11.8 Å². The predicted octanol–water partition coefficient (Wildman–Crippen LogP) is 2.58. The predicted molar refractivity (Wildman–Crippen MR) is 117 cm³/mol. The van der Waals surface area contributed by atoms with Gasteiger partial charge in [-0.1, -0.05) is 23.9 Å². The molecule has 1 fully saturated rings. The number of nitrogens with zero attached hydrogens (tertiary/aromatic N) is 5. The largest absolute Gasteiger partial charge is 0.378 e. The average Bonchev–Trinajstić information content (AvgIpc) is 3.16. The first-order valence-electron chi connectivity index (χ1n) is 9.30. The second-order valence-corrected chi connectivity index (χ2v) is 8.10. The van der Waals surface area contributed by atoms with Crippen LogP contribution in [0.25, 0.3) is 11.0 Å². The molecule has 1 aliphatic rings. The van der Waals surface area contributed by atoms with Gasteiger partial charge in [0, 0.05) is 24.1 Å². The summed E-state index contributed by atoms with van der Waals surface area (Å²) in [5.41, 5.74) is 1.39. The number of thioether (sulfide) groups is 1. The van der Waals surface area contributed by atoms with Crippen LogP contribution in [0.15, 0.2) is 40.1 Å². The molecule has 3 aromatic rings. The average molecular weight is 477 g/mol. The van der Waals surface area contributed by atoms with E-state index >= 15 is 0 Å². The number of aromatic nitrogens is 4. The molecular weight excluding hydrogens is 456 g/mol. The Balaban J connectivity index is 1.52. The minimum Gasteiger partial charge on any atom is -0.378 e. The Morgan fingerprint density at radius 3 is 2.83 bits per heavy atom. The van der Waals surface area contributed by atoms with E-state index in [1.807, 2.05) is 29.1 Å². The van der Waals surface area contributed by atoms with Crippen LogP contribution in [0.5, 0.6) is 0 Å². The maximum absolute atomic E-state index is 12.4. The number of fused-ring (bicyclic) bond motifs is 1. The van der Waals surface area contributed by atoms with Gasteiger partial charge in [-0.2, -0.15) is 5.10 Å². The lowest BCUT2D eigenvalue weighted by atomic mass is 10.2. The molecule has 0 bridgehead atoms. The van der Waals surface area contributed by atoms with E-state index in [4.69, 9.17) is 9.72 Å². The Morgan fingerprint density at radius 2 is 2.07 bits per heavy atom. The van der Waals surface area contributed by atoms with Crippen molar-refractivity contribution >= 4 is 50.5 Å². The van der Waals surface area contributed by atoms with E-state index in [-0.39, 0.29) is 5.91 Å². The molecule has 0 aliphatic carbocycles. The molecule has 0 saturated carbocycles. The first kappa shape index (κ1) is 20.1. The standard InChI is InChI=1S/C19H21BrN6O2S/c1-29-19-23-16(25-8-10-28-11-9-25)14-12-22-26(17(14)24-19)7-6-21-18(27)13-4-2-3-5-15(13)20/h2-5,12H,6-11H2,1H3,(H,21,27). The van der Waals surface area contributed by atoms with Gasteiger partial charge in [-0.05, 0) is 34.3 Å². The minimum atomic E-state index is -0.123. The number of halogens is 1. The molecule has 1 N–H and O–H groups in total. The fourth-order valence-corrected chi connectivity index (χ4v) is 4.03. The summed E-state index contributed by atoms with van der Waals surface area (Å²) in [5.74, 6) is 0.772. The summed E-state index contributed by atoms with van der Waals surface area (Å²) in [4.78, 5) is 24.0. The molecule has 1 aliphatic heterocycles. The highest BCUT2D eigenvalue weighted by Crippen LogP contribution is 2.27. The second-order valence-electron chi connectivity index (χ2n) is 6.47. The summed E-state index contributed by atoms with van der Waals surface area (Å²) >= 11 is 4.92. The molecule has 1 saturated heterocycles. The first-order chi connectivity index (χ1) is 14.2. The molecule has 1 amide bonds. The number of rotatable bonds is 6. The molecule has 1 aromatic carbocycles. The van der Waals surface area contributed by atoms with Crippen LogP contribution < -0.4 is 10.2 Å². The first-order valence-corrected chi connectivity index (χ1v) is 11.3. The van der Waals surface area contributed by atoms with Crippen molar-refractivity contribution in [2.75, 3.05) is 44.0 Å². The number of carbonyl (C=O) groups is 1. The van der Waals surface area contributed by atoms with Crippen molar-refractivity contribution in [3.8, 4) is 0 Å². The van der Waals surface area contributed by atoms with E-state index in [1.54, 1.807) is 12.3 Å². The van der Waals surface area contributed by atoms with Crippen LogP contribution in [-0.2, 0) is 11.3 Å². The SMILES string of the molecule is CSc1nc(N2CCOCC2)c2cnn(CCNC(=O)c3ccccc3Br)c2n1. The zero-order chi connectivity index (χ0) is 20.2. The highest BCUT2D eigenvalue weighted by Gasteiger charge is 2.20. The lowest BCUT2D eigenvalue weighted by Gasteiger charge is -2.28. The van der Waals surface area contributed by atoms with Crippen molar-refractivity contribution in [2.24, 2.45) is 0 Å². The smallest absolute Gasteiger partial charge is 0.252 e. The molecule has 0 unspecified atom stereocenters. The number of benzene rings is 1. The van der Waals surface area contributed by atoms with E-state index in [0.717, 1.165) is 34.4 Å². The number of amides is 1. The molecule has 0 radical (unpaired) electrons. The number of hydrogen-bond acceptors (Lipinski definition) is 7. The van der Waals surface area contributed by atoms with Crippen molar-refractivity contribution in [1.29, 1.82) is 0 Å². The van der Waals surface area contributed by atoms with Crippen LogP contribution in [0.2, 0.25) is 0 Å². The molecular formula is C19H21BrN6O2S. The normalized spacial score (nSPS) is 14.3. The summed E-state index contributed by atoms with van der Waals surface area (Å²) in [7, 11) is 0. The summed E-state index contributed by atoms with van der Waals surface area (Å²) < 4.78 is 8.05. The van der Waals surface area contributed by atoms with Crippen LogP contribution >= 0.6 is 27.7 Å². The zero-order valence-corrected chi connectivity index (χ0v) is 18.4. The third-order valence-corrected chi connectivity index (χ3v) is 5.92. The Bertz CT molecular complexity index is 1020. The number of anilines is 1. The van der Waals surface area contributed by atoms with Crippen LogP contribution in [0.1, 0.15) is 10.4 Å². The quantitative estimate of drug-likeness (QED) is 0.432. The van der Waals surface area contributed by atoms with Crippen molar-refractivity contribution in [3.05, 3.63) is 40.5 Å². The van der Waals surface area contributed by atoms with Gasteiger partial charge in [-0.15, -0.1) is 0 Å². The van der Waals surface area contributed by atoms with Crippen LogP contribution in [0.4, 0.5) is 5.82 Å². The van der Waals surface area contributed by atoms with Crippen LogP contribution in [0, 0.1) is 0 Å². The van der Waals surface area contributed by atoms with Crippen molar-refractivity contribution < 1.29 is 9.53 Å². The number of carbonyl (C=O) groups excluding carboxylic acids is 1. The van der Waals surface area contributed by atoms with Gasteiger partial charge in [0.05, 0.1) is 36.9 Å². The van der Waals surface area contributed by atoms with Crippen molar-refractivity contribution in [1.82, 2.24) is 25.1 Å². The monoisotopic (exact) mass is 476 g/mol. The van der Waals surface area contributed by atoms with Gasteiger partial charge in [-0.3, -0.25) is 4.79 Å². The lowest BCUT2D eigenvalue weighted by Crippen LogP contribution is -2.37. The van der Waals surface area contributed by atoms with Gasteiger partial charge in [-0.25, -0.2) is 14.6 Å². The summed E-state index contributed by atoms with van der Waals surface area (Å²) in [6, 6.07) is 7.36. The molecule has 0 spiro atoms. The van der Waals surface area contributed by atoms with E-state index in [2.05, 4.69) is 36.2 Å². The molecule has 10 heteroatoms. The Kier molecular flexibility index (Phi) is 6.31.